The number of benzene rings is 2. The number of hydrogen-bond donors (Lipinski definition) is 1. The van der Waals surface area contributed by atoms with Gasteiger partial charge in [0.15, 0.2) is 0 Å². The van der Waals surface area contributed by atoms with Crippen molar-refractivity contribution in [2.75, 3.05) is 42.3 Å². The van der Waals surface area contributed by atoms with E-state index in [2.05, 4.69) is 91.6 Å². The van der Waals surface area contributed by atoms with Crippen molar-refractivity contribution in [2.45, 2.75) is 52.0 Å². The molecule has 6 nitrogen and oxygen atoms in total. The van der Waals surface area contributed by atoms with E-state index in [4.69, 9.17) is 14.7 Å². The number of rotatable bonds is 3. The highest BCUT2D eigenvalue weighted by molar-refractivity contribution is 8.00. The fourth-order valence-electron chi connectivity index (χ4n) is 4.94. The molecule has 0 spiro atoms. The van der Waals surface area contributed by atoms with E-state index in [-0.39, 0.29) is 6.10 Å². The van der Waals surface area contributed by atoms with Gasteiger partial charge in [0.2, 0.25) is 11.8 Å². The number of ether oxygens (including phenoxy) is 1. The third kappa shape index (κ3) is 5.95. The van der Waals surface area contributed by atoms with E-state index in [0.717, 1.165) is 55.3 Å². The van der Waals surface area contributed by atoms with Crippen LogP contribution in [0.5, 0.6) is 5.88 Å². The molecule has 1 N–H and O–H groups in total. The maximum atomic E-state index is 6.67. The summed E-state index contributed by atoms with van der Waals surface area (Å²) in [5, 5.41) is 0. The first kappa shape index (κ1) is 24.9. The Bertz CT molecular complexity index is 1200. The fourth-order valence-corrected chi connectivity index (χ4v) is 5.57. The summed E-state index contributed by atoms with van der Waals surface area (Å²) in [6.45, 7) is 16.0. The number of aryl methyl sites for hydroxylation is 2. The molecule has 5 rings (SSSR count). The van der Waals surface area contributed by atoms with Crippen molar-refractivity contribution < 1.29 is 4.74 Å². The SMILES string of the molecule is Cc1cccc(C)c1-c1cc2nc(n1)NSc1cccc(c1)N1CCN(CCC(C)(C)C)CC(C1)O2. The van der Waals surface area contributed by atoms with Gasteiger partial charge < -0.3 is 9.64 Å². The molecular formula is C29H37N5OS. The van der Waals surface area contributed by atoms with Gasteiger partial charge in [-0.25, -0.2) is 4.98 Å². The van der Waals surface area contributed by atoms with E-state index in [1.165, 1.54) is 28.8 Å². The number of nitrogens with zero attached hydrogens (tertiary/aromatic N) is 4. The first-order valence-electron chi connectivity index (χ1n) is 12.9. The zero-order chi connectivity index (χ0) is 25.3. The van der Waals surface area contributed by atoms with Gasteiger partial charge in [-0.1, -0.05) is 45.0 Å². The topological polar surface area (TPSA) is 53.5 Å². The lowest BCUT2D eigenvalue weighted by Crippen LogP contribution is -2.39. The van der Waals surface area contributed by atoms with Gasteiger partial charge in [-0.2, -0.15) is 4.98 Å². The lowest BCUT2D eigenvalue weighted by Gasteiger charge is -2.28. The summed E-state index contributed by atoms with van der Waals surface area (Å²) in [5.41, 5.74) is 5.96. The minimum Gasteiger partial charge on any atom is -0.471 e. The standard InChI is InChI=1S/C29H37N5OS/c1-20-8-6-9-21(2)27(20)25-17-26-31-28(30-25)32-36-24-11-7-10-22(16-24)34-15-14-33(13-12-29(3,4)5)18-23(19-34)35-26/h6-11,16-17,23H,12-15,18-19H2,1-5H3,(H,30,31,32). The Morgan fingerprint density at radius 1 is 1.00 bits per heavy atom. The third-order valence-electron chi connectivity index (χ3n) is 6.92. The number of aromatic nitrogens is 2. The van der Waals surface area contributed by atoms with Gasteiger partial charge >= 0.3 is 0 Å². The Kier molecular flexibility index (Phi) is 7.13. The summed E-state index contributed by atoms with van der Waals surface area (Å²) >= 11 is 1.54. The molecule has 190 valence electrons. The number of nitrogens with one attached hydrogen (secondary N) is 1. The van der Waals surface area contributed by atoms with Crippen LogP contribution in [0, 0.1) is 19.3 Å². The zero-order valence-corrected chi connectivity index (χ0v) is 22.9. The molecule has 2 aromatic carbocycles. The zero-order valence-electron chi connectivity index (χ0n) is 22.0. The minimum atomic E-state index is -0.00299. The van der Waals surface area contributed by atoms with Crippen LogP contribution in [-0.2, 0) is 0 Å². The van der Waals surface area contributed by atoms with Crippen LogP contribution in [0.3, 0.4) is 0 Å². The highest BCUT2D eigenvalue weighted by Crippen LogP contribution is 2.32. The van der Waals surface area contributed by atoms with E-state index in [9.17, 15) is 0 Å². The number of hydrogen-bond acceptors (Lipinski definition) is 7. The molecule has 36 heavy (non-hydrogen) atoms. The molecule has 2 aliphatic heterocycles. The molecule has 2 aliphatic rings. The molecule has 3 heterocycles. The highest BCUT2D eigenvalue weighted by atomic mass is 32.2. The van der Waals surface area contributed by atoms with Crippen molar-refractivity contribution in [3.8, 4) is 17.1 Å². The van der Waals surface area contributed by atoms with Crippen molar-refractivity contribution in [3.63, 3.8) is 0 Å². The Hall–Kier alpha value is -2.77. The predicted octanol–water partition coefficient (Wildman–Crippen LogP) is 6.20. The summed E-state index contributed by atoms with van der Waals surface area (Å²) in [4.78, 5) is 15.8. The first-order valence-corrected chi connectivity index (χ1v) is 13.7. The van der Waals surface area contributed by atoms with Crippen LogP contribution >= 0.6 is 11.9 Å². The van der Waals surface area contributed by atoms with Gasteiger partial charge in [-0.05, 0) is 73.5 Å². The first-order chi connectivity index (χ1) is 17.2. The molecule has 1 unspecified atom stereocenters. The summed E-state index contributed by atoms with van der Waals surface area (Å²) in [6.07, 6.45) is 1.15. The van der Waals surface area contributed by atoms with Crippen LogP contribution in [0.2, 0.25) is 0 Å². The minimum absolute atomic E-state index is 0.00299. The van der Waals surface area contributed by atoms with Gasteiger partial charge in [-0.15, -0.1) is 0 Å². The van der Waals surface area contributed by atoms with Gasteiger partial charge in [-0.3, -0.25) is 9.62 Å². The normalized spacial score (nSPS) is 18.4. The average Bonchev–Trinajstić information content (AvgIpc) is 3.03. The molecule has 0 radical (unpaired) electrons. The van der Waals surface area contributed by atoms with Gasteiger partial charge in [0.05, 0.1) is 12.2 Å². The van der Waals surface area contributed by atoms with Gasteiger partial charge in [0.25, 0.3) is 0 Å². The number of anilines is 2. The molecule has 1 aromatic heterocycles. The van der Waals surface area contributed by atoms with Crippen molar-refractivity contribution in [3.05, 3.63) is 59.7 Å². The van der Waals surface area contributed by atoms with Crippen LogP contribution in [0.4, 0.5) is 11.6 Å². The Morgan fingerprint density at radius 3 is 2.56 bits per heavy atom. The van der Waals surface area contributed by atoms with Gasteiger partial charge in [0, 0.05) is 41.8 Å². The van der Waals surface area contributed by atoms with E-state index < -0.39 is 0 Å². The molecule has 7 heteroatoms. The summed E-state index contributed by atoms with van der Waals surface area (Å²) in [5.74, 6) is 1.19. The fraction of sp³-hybridized carbons (Fsp3) is 0.448. The molecule has 1 atom stereocenters. The predicted molar refractivity (Wildman–Crippen MR) is 150 cm³/mol. The monoisotopic (exact) mass is 503 g/mol. The molecule has 0 aliphatic carbocycles. The second-order valence-corrected chi connectivity index (χ2v) is 12.1. The second-order valence-electron chi connectivity index (χ2n) is 11.2. The Morgan fingerprint density at radius 2 is 1.78 bits per heavy atom. The van der Waals surface area contributed by atoms with Gasteiger partial charge in [0.1, 0.15) is 6.10 Å². The van der Waals surface area contributed by atoms with Crippen molar-refractivity contribution >= 4 is 23.6 Å². The lowest BCUT2D eigenvalue weighted by atomic mass is 9.92. The highest BCUT2D eigenvalue weighted by Gasteiger charge is 2.27. The smallest absolute Gasteiger partial charge is 0.237 e. The largest absolute Gasteiger partial charge is 0.471 e. The summed E-state index contributed by atoms with van der Waals surface area (Å²) < 4.78 is 10.0. The second kappa shape index (κ2) is 10.3. The van der Waals surface area contributed by atoms with Crippen LogP contribution in [0.1, 0.15) is 38.3 Å². The van der Waals surface area contributed by atoms with Crippen LogP contribution in [-0.4, -0.2) is 53.7 Å². The maximum Gasteiger partial charge on any atom is 0.237 e. The number of fused-ring (bicyclic) bond motifs is 7. The summed E-state index contributed by atoms with van der Waals surface area (Å²) in [6, 6.07) is 17.1. The molecule has 0 amide bonds. The molecule has 1 saturated heterocycles. The third-order valence-corrected chi connectivity index (χ3v) is 7.69. The van der Waals surface area contributed by atoms with E-state index in [0.29, 0.717) is 17.2 Å². The lowest BCUT2D eigenvalue weighted by molar-refractivity contribution is 0.138. The molecule has 6 bridgehead atoms. The van der Waals surface area contributed by atoms with Crippen molar-refractivity contribution in [2.24, 2.45) is 5.41 Å². The van der Waals surface area contributed by atoms with Crippen molar-refractivity contribution in [1.82, 2.24) is 14.9 Å². The Balaban J connectivity index is 1.53. The molecule has 1 fully saturated rings. The Labute approximate surface area is 219 Å². The van der Waals surface area contributed by atoms with E-state index in [1.807, 2.05) is 6.07 Å². The molecule has 0 saturated carbocycles. The van der Waals surface area contributed by atoms with E-state index in [1.54, 1.807) is 0 Å². The summed E-state index contributed by atoms with van der Waals surface area (Å²) in [7, 11) is 0. The average molecular weight is 504 g/mol. The van der Waals surface area contributed by atoms with Crippen LogP contribution in [0.25, 0.3) is 11.3 Å². The van der Waals surface area contributed by atoms with E-state index >= 15 is 0 Å². The molecular weight excluding hydrogens is 466 g/mol. The van der Waals surface area contributed by atoms with Crippen molar-refractivity contribution in [1.29, 1.82) is 0 Å². The van der Waals surface area contributed by atoms with Crippen LogP contribution in [0.15, 0.2) is 53.4 Å². The maximum absolute atomic E-state index is 6.67. The van der Waals surface area contributed by atoms with Crippen LogP contribution < -0.4 is 14.4 Å². The quantitative estimate of drug-likeness (QED) is 0.427. The molecule has 3 aromatic rings.